The van der Waals surface area contributed by atoms with Crippen LogP contribution in [0.15, 0.2) is 10.6 Å². The molecule has 0 atom stereocenters. The van der Waals surface area contributed by atoms with Crippen LogP contribution in [0, 0.1) is 6.92 Å². The van der Waals surface area contributed by atoms with Gasteiger partial charge in [0.1, 0.15) is 18.1 Å². The first kappa shape index (κ1) is 12.4. The van der Waals surface area contributed by atoms with Gasteiger partial charge in [0.15, 0.2) is 5.76 Å². The Morgan fingerprint density at radius 1 is 1.37 bits per heavy atom. The second-order valence-corrected chi connectivity index (χ2v) is 5.06. The number of aromatic nitrogens is 3. The number of imidazole rings is 1. The highest BCUT2D eigenvalue weighted by Gasteiger charge is 2.18. The molecule has 0 N–H and O–H groups in total. The zero-order valence-corrected chi connectivity index (χ0v) is 11.5. The zero-order valence-electron chi connectivity index (χ0n) is 11.5. The van der Waals surface area contributed by atoms with Gasteiger partial charge in [-0.1, -0.05) is 5.16 Å². The molecule has 0 bridgehead atoms. The molecule has 5 heteroatoms. The molecule has 0 radical (unpaired) electrons. The smallest absolute Gasteiger partial charge is 0.162 e. The second kappa shape index (κ2) is 5.17. The average Bonchev–Trinajstić information content (AvgIpc) is 2.96. The first-order valence-corrected chi connectivity index (χ1v) is 6.76. The van der Waals surface area contributed by atoms with Gasteiger partial charge in [-0.25, -0.2) is 4.98 Å². The highest BCUT2D eigenvalue weighted by molar-refractivity contribution is 5.21. The van der Waals surface area contributed by atoms with Crippen LogP contribution in [-0.4, -0.2) is 21.8 Å². The van der Waals surface area contributed by atoms with E-state index in [2.05, 4.69) is 21.6 Å². The van der Waals surface area contributed by atoms with E-state index >= 15 is 0 Å². The minimum absolute atomic E-state index is 0.466. The predicted molar refractivity (Wildman–Crippen MR) is 69.9 cm³/mol. The summed E-state index contributed by atoms with van der Waals surface area (Å²) in [5.74, 6) is 1.84. The number of ether oxygens (including phenoxy) is 1. The van der Waals surface area contributed by atoms with Crippen LogP contribution in [0.4, 0.5) is 0 Å². The highest BCUT2D eigenvalue weighted by atomic mass is 16.5. The lowest BCUT2D eigenvalue weighted by Crippen LogP contribution is -2.10. The summed E-state index contributed by atoms with van der Waals surface area (Å²) in [4.78, 5) is 4.67. The fraction of sp³-hybridized carbons (Fsp3) is 0.571. The van der Waals surface area contributed by atoms with Crippen molar-refractivity contribution in [3.8, 4) is 0 Å². The van der Waals surface area contributed by atoms with Crippen molar-refractivity contribution in [1.82, 2.24) is 14.7 Å². The Morgan fingerprint density at radius 3 is 3.05 bits per heavy atom. The van der Waals surface area contributed by atoms with Gasteiger partial charge in [0, 0.05) is 18.9 Å². The Morgan fingerprint density at radius 2 is 2.21 bits per heavy atom. The van der Waals surface area contributed by atoms with Crippen molar-refractivity contribution in [3.05, 3.63) is 34.7 Å². The minimum Gasteiger partial charge on any atom is -0.377 e. The third kappa shape index (κ3) is 2.42. The van der Waals surface area contributed by atoms with E-state index in [1.807, 2.05) is 6.07 Å². The summed E-state index contributed by atoms with van der Waals surface area (Å²) in [5.41, 5.74) is 3.57. The first-order chi connectivity index (χ1) is 9.28. The Balaban J connectivity index is 1.84. The highest BCUT2D eigenvalue weighted by Crippen LogP contribution is 2.23. The van der Waals surface area contributed by atoms with Crippen LogP contribution in [0.5, 0.6) is 0 Å². The van der Waals surface area contributed by atoms with Gasteiger partial charge in [-0.05, 0) is 32.6 Å². The van der Waals surface area contributed by atoms with Crippen molar-refractivity contribution in [2.75, 3.05) is 7.11 Å². The Hall–Kier alpha value is -1.62. The number of fused-ring (bicyclic) bond motifs is 1. The van der Waals surface area contributed by atoms with Crippen molar-refractivity contribution in [2.24, 2.45) is 0 Å². The van der Waals surface area contributed by atoms with Crippen LogP contribution in [0.25, 0.3) is 0 Å². The maximum atomic E-state index is 5.23. The lowest BCUT2D eigenvalue weighted by atomic mass is 10.0. The number of hydrogen-bond donors (Lipinski definition) is 0. The molecule has 1 aliphatic carbocycles. The molecule has 19 heavy (non-hydrogen) atoms. The van der Waals surface area contributed by atoms with Crippen LogP contribution < -0.4 is 0 Å². The summed E-state index contributed by atoms with van der Waals surface area (Å²) < 4.78 is 12.5. The normalized spacial score (nSPS) is 14.6. The van der Waals surface area contributed by atoms with E-state index < -0.39 is 0 Å². The van der Waals surface area contributed by atoms with Gasteiger partial charge in [-0.2, -0.15) is 0 Å². The van der Waals surface area contributed by atoms with E-state index in [0.717, 1.165) is 36.7 Å². The third-order valence-corrected chi connectivity index (χ3v) is 3.64. The molecule has 0 saturated heterocycles. The predicted octanol–water partition coefficient (Wildman–Crippen LogP) is 2.25. The maximum Gasteiger partial charge on any atom is 0.162 e. The van der Waals surface area contributed by atoms with E-state index in [-0.39, 0.29) is 0 Å². The quantitative estimate of drug-likeness (QED) is 0.847. The molecule has 1 aliphatic rings. The van der Waals surface area contributed by atoms with E-state index in [1.54, 1.807) is 7.11 Å². The zero-order chi connectivity index (χ0) is 13.2. The van der Waals surface area contributed by atoms with Crippen LogP contribution in [0.1, 0.15) is 41.5 Å². The molecule has 0 fully saturated rings. The number of nitrogens with zero attached hydrogens (tertiary/aromatic N) is 3. The monoisotopic (exact) mass is 261 g/mol. The molecule has 5 nitrogen and oxygen atoms in total. The molecule has 0 amide bonds. The van der Waals surface area contributed by atoms with Crippen LogP contribution in [0.3, 0.4) is 0 Å². The van der Waals surface area contributed by atoms with Crippen molar-refractivity contribution in [3.63, 3.8) is 0 Å². The number of hydrogen-bond acceptors (Lipinski definition) is 4. The van der Waals surface area contributed by atoms with Crippen LogP contribution in [0.2, 0.25) is 0 Å². The van der Waals surface area contributed by atoms with Gasteiger partial charge in [0.25, 0.3) is 0 Å². The summed E-state index contributed by atoms with van der Waals surface area (Å²) in [7, 11) is 1.65. The summed E-state index contributed by atoms with van der Waals surface area (Å²) in [6.45, 7) is 3.27. The fourth-order valence-electron chi connectivity index (χ4n) is 2.75. The molecule has 3 rings (SSSR count). The fourth-order valence-corrected chi connectivity index (χ4v) is 2.75. The summed E-state index contributed by atoms with van der Waals surface area (Å²) in [5, 5.41) is 4.10. The molecule has 2 aromatic heterocycles. The Labute approximate surface area is 112 Å². The van der Waals surface area contributed by atoms with E-state index in [9.17, 15) is 0 Å². The number of aryl methyl sites for hydroxylation is 2. The molecule has 0 unspecified atom stereocenters. The minimum atomic E-state index is 0.466. The molecule has 0 aromatic carbocycles. The third-order valence-electron chi connectivity index (χ3n) is 3.64. The molecular formula is C14H19N3O2. The molecular weight excluding hydrogens is 242 g/mol. The first-order valence-electron chi connectivity index (χ1n) is 6.76. The van der Waals surface area contributed by atoms with Crippen molar-refractivity contribution in [1.29, 1.82) is 0 Å². The number of methoxy groups -OCH3 is 1. The standard InChI is InChI=1S/C14H19N3O2/c1-10-15-13-5-3-4-6-14(13)17(10)8-11-7-12(9-18-2)19-16-11/h7H,3-6,8-9H2,1-2H3. The second-order valence-electron chi connectivity index (χ2n) is 5.06. The average molecular weight is 261 g/mol. The molecule has 0 aliphatic heterocycles. The van der Waals surface area contributed by atoms with Gasteiger partial charge >= 0.3 is 0 Å². The molecule has 102 valence electrons. The largest absolute Gasteiger partial charge is 0.377 e. The van der Waals surface area contributed by atoms with E-state index in [0.29, 0.717) is 6.61 Å². The molecule has 2 heterocycles. The van der Waals surface area contributed by atoms with Gasteiger partial charge in [0.2, 0.25) is 0 Å². The van der Waals surface area contributed by atoms with Gasteiger partial charge < -0.3 is 13.8 Å². The van der Waals surface area contributed by atoms with Crippen molar-refractivity contribution < 1.29 is 9.26 Å². The Bertz CT molecular complexity index is 571. The van der Waals surface area contributed by atoms with E-state index in [4.69, 9.17) is 9.26 Å². The van der Waals surface area contributed by atoms with Crippen LogP contribution >= 0.6 is 0 Å². The summed E-state index contributed by atoms with van der Waals surface area (Å²) in [6.07, 6.45) is 4.74. The molecule has 0 saturated carbocycles. The lowest BCUT2D eigenvalue weighted by Gasteiger charge is -2.13. The van der Waals surface area contributed by atoms with Crippen molar-refractivity contribution >= 4 is 0 Å². The molecule has 0 spiro atoms. The SMILES string of the molecule is COCc1cc(Cn2c(C)nc3c2CCCC3)no1. The van der Waals surface area contributed by atoms with Crippen LogP contribution in [-0.2, 0) is 30.7 Å². The van der Waals surface area contributed by atoms with Gasteiger partial charge in [-0.3, -0.25) is 0 Å². The number of rotatable bonds is 4. The van der Waals surface area contributed by atoms with Gasteiger partial charge in [0.05, 0.1) is 12.2 Å². The van der Waals surface area contributed by atoms with Crippen molar-refractivity contribution in [2.45, 2.75) is 45.8 Å². The van der Waals surface area contributed by atoms with E-state index in [1.165, 1.54) is 24.2 Å². The van der Waals surface area contributed by atoms with Gasteiger partial charge in [-0.15, -0.1) is 0 Å². The summed E-state index contributed by atoms with van der Waals surface area (Å²) >= 11 is 0. The maximum absolute atomic E-state index is 5.23. The lowest BCUT2D eigenvalue weighted by molar-refractivity contribution is 0.155. The Kier molecular flexibility index (Phi) is 3.38. The molecule has 2 aromatic rings. The summed E-state index contributed by atoms with van der Waals surface area (Å²) in [6, 6.07) is 1.96. The topological polar surface area (TPSA) is 53.1 Å².